The minimum atomic E-state index is -0.00716. The fraction of sp³-hybridized carbons (Fsp3) is 0.333. The predicted molar refractivity (Wildman–Crippen MR) is 193 cm³/mol. The quantitative estimate of drug-likeness (QED) is 0.132. The van der Waals surface area contributed by atoms with Gasteiger partial charge in [-0.25, -0.2) is 0 Å². The van der Waals surface area contributed by atoms with Crippen LogP contribution in [0.2, 0.25) is 0 Å². The molecule has 222 valence electrons. The van der Waals surface area contributed by atoms with Crippen LogP contribution in [0.25, 0.3) is 64.6 Å². The average Bonchev–Trinajstić information content (AvgIpc) is 2.98. The Kier molecular flexibility index (Phi) is 5.73. The molecule has 7 aromatic rings. The van der Waals surface area contributed by atoms with Crippen LogP contribution >= 0.6 is 0 Å². The monoisotopic (exact) mass is 578 g/mol. The van der Waals surface area contributed by atoms with Gasteiger partial charge < -0.3 is 0 Å². The van der Waals surface area contributed by atoms with E-state index >= 15 is 0 Å². The highest BCUT2D eigenvalue weighted by Crippen LogP contribution is 2.51. The number of fused-ring (bicyclic) bond motifs is 5. The van der Waals surface area contributed by atoms with Crippen molar-refractivity contribution in [3.63, 3.8) is 0 Å². The van der Waals surface area contributed by atoms with Crippen LogP contribution in [0.4, 0.5) is 0 Å². The van der Waals surface area contributed by atoms with Gasteiger partial charge >= 0.3 is 0 Å². The van der Waals surface area contributed by atoms with Crippen molar-refractivity contribution in [2.24, 2.45) is 0 Å². The topological polar surface area (TPSA) is 34.1 Å². The molecular weight excluding hydrogens is 536 g/mol. The molecule has 7 rings (SSSR count). The van der Waals surface area contributed by atoms with Gasteiger partial charge in [0.15, 0.2) is 10.9 Å². The second kappa shape index (κ2) is 8.78. The molecule has 0 aliphatic rings. The van der Waals surface area contributed by atoms with Crippen LogP contribution < -0.4 is 10.9 Å². The van der Waals surface area contributed by atoms with Crippen molar-refractivity contribution in [1.29, 1.82) is 0 Å². The maximum Gasteiger partial charge on any atom is 0.195 e. The Labute approximate surface area is 259 Å². The highest BCUT2D eigenvalue weighted by atomic mass is 16.1. The number of aryl methyl sites for hydroxylation is 10. The van der Waals surface area contributed by atoms with Gasteiger partial charge in [0.05, 0.1) is 0 Å². The molecular formula is C42H42O2. The number of hydrogen-bond acceptors (Lipinski definition) is 2. The fourth-order valence-corrected chi connectivity index (χ4v) is 9.07. The van der Waals surface area contributed by atoms with Crippen molar-refractivity contribution in [2.45, 2.75) is 96.9 Å². The third kappa shape index (κ3) is 2.98. The second-order valence-electron chi connectivity index (χ2n) is 13.9. The molecule has 2 heteroatoms. The highest BCUT2D eigenvalue weighted by Gasteiger charge is 2.29. The first-order chi connectivity index (χ1) is 20.6. The SMILES string of the molecule is Cc1c(C)c(C)c2c(=O)c3c(C)c4c(c(C)c3c(=O)c2c1C)c1c(C)c(C)c(C)c2c(C)c(C)c3c(C)c(C)c(C)c4c3c21. The Bertz CT molecular complexity index is 2470. The summed E-state index contributed by atoms with van der Waals surface area (Å²) in [5.74, 6) is 0. The van der Waals surface area contributed by atoms with Gasteiger partial charge in [0.2, 0.25) is 0 Å². The van der Waals surface area contributed by atoms with Gasteiger partial charge in [0.1, 0.15) is 0 Å². The Balaban J connectivity index is 2.01. The summed E-state index contributed by atoms with van der Waals surface area (Å²) in [7, 11) is 0. The predicted octanol–water partition coefficient (Wildman–Crippen LogP) is 10.5. The van der Waals surface area contributed by atoms with E-state index < -0.39 is 0 Å². The zero-order chi connectivity index (χ0) is 32.2. The lowest BCUT2D eigenvalue weighted by atomic mass is 9.75. The Morgan fingerprint density at radius 1 is 0.182 bits per heavy atom. The maximum atomic E-state index is 14.7. The van der Waals surface area contributed by atoms with Crippen LogP contribution in [0.5, 0.6) is 0 Å². The van der Waals surface area contributed by atoms with Gasteiger partial charge in [0.25, 0.3) is 0 Å². The molecule has 2 nitrogen and oxygen atoms in total. The van der Waals surface area contributed by atoms with Crippen LogP contribution in [-0.2, 0) is 0 Å². The van der Waals surface area contributed by atoms with Crippen molar-refractivity contribution in [3.05, 3.63) is 98.3 Å². The van der Waals surface area contributed by atoms with Gasteiger partial charge in [-0.1, -0.05) is 0 Å². The normalized spacial score (nSPS) is 12.5. The Morgan fingerprint density at radius 2 is 0.364 bits per heavy atom. The smallest absolute Gasteiger partial charge is 0.195 e. The first kappa shape index (κ1) is 28.7. The second-order valence-corrected chi connectivity index (χ2v) is 13.9. The minimum Gasteiger partial charge on any atom is -0.289 e. The van der Waals surface area contributed by atoms with Crippen molar-refractivity contribution in [3.8, 4) is 0 Å². The van der Waals surface area contributed by atoms with Gasteiger partial charge in [-0.3, -0.25) is 9.59 Å². The number of hydrogen-bond donors (Lipinski definition) is 0. The van der Waals surface area contributed by atoms with Crippen LogP contribution in [0.1, 0.15) is 77.9 Å². The van der Waals surface area contributed by atoms with Crippen molar-refractivity contribution < 1.29 is 0 Å². The summed E-state index contributed by atoms with van der Waals surface area (Å²) in [6, 6.07) is 0. The summed E-state index contributed by atoms with van der Waals surface area (Å²) in [4.78, 5) is 29.5. The summed E-state index contributed by atoms with van der Waals surface area (Å²) >= 11 is 0. The molecule has 0 atom stereocenters. The number of rotatable bonds is 0. The zero-order valence-electron chi connectivity index (χ0n) is 28.8. The molecule has 7 aromatic carbocycles. The molecule has 0 N–H and O–H groups in total. The summed E-state index contributed by atoms with van der Waals surface area (Å²) in [6.45, 7) is 30.4. The third-order valence-electron chi connectivity index (χ3n) is 12.4. The largest absolute Gasteiger partial charge is 0.289 e. The summed E-state index contributed by atoms with van der Waals surface area (Å²) in [6.07, 6.45) is 0. The van der Waals surface area contributed by atoms with Crippen molar-refractivity contribution >= 4 is 64.6 Å². The van der Waals surface area contributed by atoms with Gasteiger partial charge in [-0.2, -0.15) is 0 Å². The molecule has 0 aromatic heterocycles. The lowest BCUT2D eigenvalue weighted by Gasteiger charge is -2.28. The van der Waals surface area contributed by atoms with Crippen LogP contribution in [0, 0.1) is 96.9 Å². The lowest BCUT2D eigenvalue weighted by molar-refractivity contribution is 1.25. The first-order valence-corrected chi connectivity index (χ1v) is 15.9. The van der Waals surface area contributed by atoms with E-state index in [4.69, 9.17) is 0 Å². The van der Waals surface area contributed by atoms with Gasteiger partial charge in [0, 0.05) is 21.5 Å². The van der Waals surface area contributed by atoms with Gasteiger partial charge in [-0.15, -0.1) is 0 Å². The maximum absolute atomic E-state index is 14.7. The molecule has 0 aliphatic carbocycles. The molecule has 0 saturated heterocycles. The molecule has 0 unspecified atom stereocenters. The summed E-state index contributed by atoms with van der Waals surface area (Å²) < 4.78 is 0. The zero-order valence-corrected chi connectivity index (χ0v) is 28.8. The van der Waals surface area contributed by atoms with E-state index in [1.807, 2.05) is 13.8 Å². The Hall–Kier alpha value is -4.04. The van der Waals surface area contributed by atoms with E-state index in [1.165, 1.54) is 76.8 Å². The molecule has 0 radical (unpaired) electrons. The molecule has 0 fully saturated rings. The molecule has 0 amide bonds. The first-order valence-electron chi connectivity index (χ1n) is 15.9. The molecule has 0 bridgehead atoms. The molecule has 0 heterocycles. The highest BCUT2D eigenvalue weighted by molar-refractivity contribution is 6.39. The third-order valence-corrected chi connectivity index (χ3v) is 12.4. The van der Waals surface area contributed by atoms with Crippen molar-refractivity contribution in [2.75, 3.05) is 0 Å². The van der Waals surface area contributed by atoms with E-state index in [1.54, 1.807) is 0 Å². The van der Waals surface area contributed by atoms with E-state index in [0.717, 1.165) is 44.2 Å². The molecule has 0 saturated carbocycles. The van der Waals surface area contributed by atoms with Crippen LogP contribution in [-0.4, -0.2) is 0 Å². The standard InChI is InChI=1S/C42H42O2/c1-15-16(2)24(10)36-35(23(15)9)41(43)37-27(13)33-31-21(7)17(3)19(5)29-25(11)26(12)30-20(6)18(4)22(8)32(40(30)39(29)31)34(33)28(14)38(37)42(36)44/h1-14H3. The van der Waals surface area contributed by atoms with Crippen molar-refractivity contribution in [1.82, 2.24) is 0 Å². The fourth-order valence-electron chi connectivity index (χ4n) is 9.07. The van der Waals surface area contributed by atoms with E-state index in [0.29, 0.717) is 21.5 Å². The van der Waals surface area contributed by atoms with Crippen LogP contribution in [0.3, 0.4) is 0 Å². The average molecular weight is 579 g/mol. The van der Waals surface area contributed by atoms with E-state index in [9.17, 15) is 9.59 Å². The lowest BCUT2D eigenvalue weighted by Crippen LogP contribution is -2.19. The molecule has 0 spiro atoms. The molecule has 44 heavy (non-hydrogen) atoms. The van der Waals surface area contributed by atoms with E-state index in [-0.39, 0.29) is 10.9 Å². The summed E-state index contributed by atoms with van der Waals surface area (Å²) in [5.41, 5.74) is 16.3. The van der Waals surface area contributed by atoms with Crippen LogP contribution in [0.15, 0.2) is 9.59 Å². The Morgan fingerprint density at radius 3 is 0.682 bits per heavy atom. The van der Waals surface area contributed by atoms with E-state index in [2.05, 4.69) is 83.1 Å². The minimum absolute atomic E-state index is 0.00716. The summed E-state index contributed by atoms with van der Waals surface area (Å²) in [5, 5.41) is 12.4. The molecule has 0 aliphatic heterocycles. The van der Waals surface area contributed by atoms with Gasteiger partial charge in [-0.05, 0) is 218 Å². The number of benzene rings is 7.